The number of carboxylic acid groups (broad SMARTS) is 1. The van der Waals surface area contributed by atoms with E-state index in [1.165, 1.54) is 0 Å². The molecule has 8 atom stereocenters. The van der Waals surface area contributed by atoms with Crippen LogP contribution in [0.4, 0.5) is 0 Å². The van der Waals surface area contributed by atoms with Crippen LogP contribution in [-0.2, 0) is 79.7 Å². The van der Waals surface area contributed by atoms with E-state index >= 15 is 0 Å². The molecule has 0 amide bonds. The maximum atomic E-state index is 11.8. The SMILES string of the molecule is [CH2-]O.[CH2-]O.[CH2-]OC(O)(O[CH2-])C1C2CC(C1C(=O)O)C1C3C=CC(C3)C21.[Y].[Y]. The summed E-state index contributed by atoms with van der Waals surface area (Å²) in [5.74, 6) is -2.11. The van der Waals surface area contributed by atoms with Crippen LogP contribution in [0.25, 0.3) is 0 Å². The van der Waals surface area contributed by atoms with Gasteiger partial charge in [-0.2, -0.15) is 0 Å². The Morgan fingerprint density at radius 2 is 1.37 bits per heavy atom. The molecule has 8 unspecified atom stereocenters. The number of carboxylic acids is 1. The van der Waals surface area contributed by atoms with Crippen molar-refractivity contribution < 1.29 is 100 Å². The van der Waals surface area contributed by atoms with E-state index in [9.17, 15) is 15.0 Å². The molecule has 0 aliphatic heterocycles. The molecule has 4 bridgehead atoms. The fourth-order valence-corrected chi connectivity index (χ4v) is 6.11. The van der Waals surface area contributed by atoms with E-state index in [1.54, 1.807) is 0 Å². The Kier molecular flexibility index (Phi) is 12.1. The summed E-state index contributed by atoms with van der Waals surface area (Å²) in [5.41, 5.74) is 0. The third-order valence-corrected chi connectivity index (χ3v) is 6.55. The first kappa shape index (κ1) is 28.2. The minimum atomic E-state index is -2.01. The van der Waals surface area contributed by atoms with Crippen LogP contribution in [0.3, 0.4) is 0 Å². The summed E-state index contributed by atoms with van der Waals surface area (Å²) in [6.07, 6.45) is 6.45. The molecule has 4 aliphatic carbocycles. The first-order valence-electron chi connectivity index (χ1n) is 8.15. The molecule has 2 radical (unpaired) electrons. The molecule has 150 valence electrons. The number of rotatable bonds is 4. The number of aliphatic carboxylic acids is 1. The summed E-state index contributed by atoms with van der Waals surface area (Å²) in [6.45, 7) is 0. The number of carbonyl (C=O) groups is 1. The molecule has 0 aromatic rings. The second kappa shape index (κ2) is 11.6. The van der Waals surface area contributed by atoms with Gasteiger partial charge in [0.2, 0.25) is 5.97 Å². The molecular weight excluding hydrogens is 506 g/mol. The maximum absolute atomic E-state index is 11.8. The van der Waals surface area contributed by atoms with Crippen molar-refractivity contribution in [1.82, 2.24) is 0 Å². The third-order valence-electron chi connectivity index (χ3n) is 6.55. The molecule has 4 N–H and O–H groups in total. The summed E-state index contributed by atoms with van der Waals surface area (Å²) in [7, 11) is 11.0. The van der Waals surface area contributed by atoms with E-state index in [0.29, 0.717) is 23.7 Å². The molecule has 7 nitrogen and oxygen atoms in total. The Hall–Kier alpha value is 1.22. The van der Waals surface area contributed by atoms with Crippen LogP contribution < -0.4 is 0 Å². The second-order valence-electron chi connectivity index (χ2n) is 6.98. The van der Waals surface area contributed by atoms with E-state index in [1.807, 2.05) is 0 Å². The molecule has 0 saturated heterocycles. The Labute approximate surface area is 211 Å². The molecule has 0 aromatic carbocycles. The number of hydrogen-bond donors (Lipinski definition) is 4. The van der Waals surface area contributed by atoms with E-state index in [2.05, 4.69) is 40.6 Å². The Morgan fingerprint density at radius 3 is 1.78 bits per heavy atom. The van der Waals surface area contributed by atoms with Gasteiger partial charge in [0.15, 0.2) is 0 Å². The van der Waals surface area contributed by atoms with Crippen LogP contribution >= 0.6 is 0 Å². The number of ether oxygens (including phenoxy) is 2. The topological polar surface area (TPSA) is 116 Å². The van der Waals surface area contributed by atoms with Gasteiger partial charge in [0, 0.05) is 65.4 Å². The van der Waals surface area contributed by atoms with Crippen LogP contribution in [0.5, 0.6) is 0 Å². The van der Waals surface area contributed by atoms with Crippen LogP contribution in [0.2, 0.25) is 0 Å². The van der Waals surface area contributed by atoms with Crippen molar-refractivity contribution in [3.8, 4) is 0 Å². The Balaban J connectivity index is 0.00000106. The fraction of sp³-hybridized carbons (Fsp3) is 0.611. The van der Waals surface area contributed by atoms with Crippen molar-refractivity contribution >= 4 is 5.97 Å². The van der Waals surface area contributed by atoms with E-state index < -0.39 is 23.8 Å². The normalized spacial score (nSPS) is 39.2. The maximum Gasteiger partial charge on any atom is 0.307 e. The standard InChI is InChI=1S/C16H20O5.2CH3O.2Y/c1-20-16(19,21-2)14-10-6-9(13(14)15(17)18)11-7-3-4-8(5-7)12(10)11;2*1-2;;/h3-4,7-14,19H,1-2,5-6H2,(H,17,18);2*2H,1H2;;/q-2;2*-1;;. The smallest absolute Gasteiger partial charge is 0.307 e. The van der Waals surface area contributed by atoms with Gasteiger partial charge in [0.1, 0.15) is 0 Å². The number of fused-ring (bicyclic) bond motifs is 9. The van der Waals surface area contributed by atoms with Gasteiger partial charge < -0.3 is 29.9 Å². The van der Waals surface area contributed by atoms with Gasteiger partial charge in [-0.15, -0.1) is 0 Å². The first-order chi connectivity index (χ1) is 12.0. The van der Waals surface area contributed by atoms with Crippen molar-refractivity contribution in [2.24, 2.45) is 47.3 Å². The molecule has 27 heavy (non-hydrogen) atoms. The summed E-state index contributed by atoms with van der Waals surface area (Å²) in [4.78, 5) is 11.8. The van der Waals surface area contributed by atoms with Gasteiger partial charge in [-0.25, -0.2) is 28.4 Å². The monoisotopic (exact) mass is 532 g/mol. The molecule has 0 aromatic heterocycles. The van der Waals surface area contributed by atoms with Crippen LogP contribution in [0, 0.1) is 75.8 Å². The quantitative estimate of drug-likeness (QED) is 0.189. The molecule has 0 spiro atoms. The van der Waals surface area contributed by atoms with Gasteiger partial charge in [0.25, 0.3) is 0 Å². The molecule has 3 fully saturated rings. The number of hydrogen-bond acceptors (Lipinski definition) is 6. The van der Waals surface area contributed by atoms with Crippen molar-refractivity contribution in [2.75, 3.05) is 0 Å². The minimum Gasteiger partial charge on any atom is -0.569 e. The predicted octanol–water partition coefficient (Wildman–Crippen LogP) is 1.95. The van der Waals surface area contributed by atoms with Gasteiger partial charge in [-0.05, 0) is 48.3 Å². The zero-order chi connectivity index (χ0) is 18.9. The van der Waals surface area contributed by atoms with Crippen molar-refractivity contribution in [3.63, 3.8) is 0 Å². The number of aliphatic hydroxyl groups is 3. The Bertz CT molecular complexity index is 512. The zero-order valence-electron chi connectivity index (χ0n) is 15.2. The van der Waals surface area contributed by atoms with Crippen LogP contribution in [0.1, 0.15) is 12.8 Å². The molecular formula is C18H26O7Y2-4. The van der Waals surface area contributed by atoms with Crippen molar-refractivity contribution in [1.29, 1.82) is 0 Å². The third kappa shape index (κ3) is 4.47. The summed E-state index contributed by atoms with van der Waals surface area (Å²) in [6, 6.07) is 0. The summed E-state index contributed by atoms with van der Waals surface area (Å²) >= 11 is 0. The molecule has 4 aliphatic rings. The second-order valence-corrected chi connectivity index (χ2v) is 6.98. The largest absolute Gasteiger partial charge is 0.569 e. The van der Waals surface area contributed by atoms with Gasteiger partial charge in [0.05, 0.1) is 11.8 Å². The van der Waals surface area contributed by atoms with Crippen molar-refractivity contribution in [3.05, 3.63) is 40.6 Å². The van der Waals surface area contributed by atoms with E-state index in [0.717, 1.165) is 12.8 Å². The molecule has 0 heterocycles. The predicted molar refractivity (Wildman–Crippen MR) is 86.3 cm³/mol. The first-order valence-corrected chi connectivity index (χ1v) is 8.15. The average Bonchev–Trinajstić information content (AvgIpc) is 3.41. The molecule has 4 rings (SSSR count). The van der Waals surface area contributed by atoms with Crippen molar-refractivity contribution in [2.45, 2.75) is 18.8 Å². The molecule has 3 saturated carbocycles. The fourth-order valence-electron chi connectivity index (χ4n) is 6.11. The average molecular weight is 532 g/mol. The number of allylic oxidation sites excluding steroid dienone is 2. The van der Waals surface area contributed by atoms with Crippen LogP contribution in [0.15, 0.2) is 12.2 Å². The Morgan fingerprint density at radius 1 is 0.926 bits per heavy atom. The minimum absolute atomic E-state index is 0. The van der Waals surface area contributed by atoms with E-state index in [4.69, 9.17) is 19.7 Å². The van der Waals surface area contributed by atoms with Crippen LogP contribution in [-0.4, -0.2) is 32.4 Å². The zero-order valence-corrected chi connectivity index (χ0v) is 20.9. The molecule has 9 heteroatoms. The van der Waals surface area contributed by atoms with E-state index in [-0.39, 0.29) is 77.3 Å². The summed E-state index contributed by atoms with van der Waals surface area (Å²) in [5, 5.41) is 33.7. The van der Waals surface area contributed by atoms with Gasteiger partial charge in [-0.1, -0.05) is 12.2 Å². The van der Waals surface area contributed by atoms with Gasteiger partial charge in [-0.3, -0.25) is 4.79 Å². The summed E-state index contributed by atoms with van der Waals surface area (Å²) < 4.78 is 9.74. The number of aliphatic hydroxyl groups excluding tert-OH is 2. The van der Waals surface area contributed by atoms with Gasteiger partial charge >= 0.3 is 5.97 Å².